The number of nitrogens with one attached hydrogen (secondary N) is 1. The Balaban J connectivity index is 1.46. The van der Waals surface area contributed by atoms with E-state index in [1.165, 1.54) is 0 Å². The normalized spacial score (nSPS) is 14.3. The van der Waals surface area contributed by atoms with Crippen LogP contribution in [0.25, 0.3) is 0 Å². The van der Waals surface area contributed by atoms with Crippen LogP contribution in [-0.4, -0.2) is 59.5 Å². The molecule has 34 heavy (non-hydrogen) atoms. The van der Waals surface area contributed by atoms with Crippen molar-refractivity contribution in [3.63, 3.8) is 0 Å². The minimum absolute atomic E-state index is 0.00288. The summed E-state index contributed by atoms with van der Waals surface area (Å²) in [6.07, 6.45) is 1.52. The van der Waals surface area contributed by atoms with E-state index in [0.29, 0.717) is 57.5 Å². The van der Waals surface area contributed by atoms with E-state index in [9.17, 15) is 14.4 Å². The Morgan fingerprint density at radius 2 is 1.50 bits per heavy atom. The van der Waals surface area contributed by atoms with Crippen LogP contribution in [0.4, 0.5) is 4.79 Å². The summed E-state index contributed by atoms with van der Waals surface area (Å²) >= 11 is 0. The summed E-state index contributed by atoms with van der Waals surface area (Å²) < 4.78 is 5.46. The molecule has 0 aliphatic carbocycles. The van der Waals surface area contributed by atoms with Gasteiger partial charge in [0.05, 0.1) is 0 Å². The number of hydrogen-bond donors (Lipinski definition) is 1. The molecule has 3 amide bonds. The highest BCUT2D eigenvalue weighted by Crippen LogP contribution is 2.14. The van der Waals surface area contributed by atoms with Crippen LogP contribution in [0.1, 0.15) is 55.1 Å². The van der Waals surface area contributed by atoms with E-state index in [-0.39, 0.29) is 17.9 Å². The molecule has 1 fully saturated rings. The predicted octanol–water partition coefficient (Wildman–Crippen LogP) is 4.02. The minimum atomic E-state index is -0.540. The molecule has 1 heterocycles. The van der Waals surface area contributed by atoms with Crippen molar-refractivity contribution in [2.75, 3.05) is 26.2 Å². The average Bonchev–Trinajstić information content (AvgIpc) is 3.07. The topological polar surface area (TPSA) is 79.0 Å². The van der Waals surface area contributed by atoms with E-state index in [4.69, 9.17) is 4.74 Å². The number of amides is 3. The van der Waals surface area contributed by atoms with Gasteiger partial charge in [-0.05, 0) is 56.9 Å². The molecule has 7 nitrogen and oxygen atoms in total. The van der Waals surface area contributed by atoms with Gasteiger partial charge in [-0.1, -0.05) is 42.5 Å². The zero-order chi connectivity index (χ0) is 24.6. The van der Waals surface area contributed by atoms with E-state index in [0.717, 1.165) is 11.1 Å². The molecule has 0 bridgehead atoms. The monoisotopic (exact) mass is 465 g/mol. The third kappa shape index (κ3) is 7.90. The van der Waals surface area contributed by atoms with Gasteiger partial charge < -0.3 is 19.9 Å². The molecule has 2 aromatic carbocycles. The van der Waals surface area contributed by atoms with Crippen LogP contribution in [0.2, 0.25) is 0 Å². The quantitative estimate of drug-likeness (QED) is 0.699. The highest BCUT2D eigenvalue weighted by molar-refractivity contribution is 5.94. The predicted molar refractivity (Wildman–Crippen MR) is 131 cm³/mol. The molecular formula is C27H35N3O4. The van der Waals surface area contributed by atoms with Crippen LogP contribution in [0.15, 0.2) is 54.6 Å². The van der Waals surface area contributed by atoms with Crippen LogP contribution in [-0.2, 0) is 22.5 Å². The van der Waals surface area contributed by atoms with E-state index < -0.39 is 5.60 Å². The van der Waals surface area contributed by atoms with E-state index >= 15 is 0 Å². The first-order valence-electron chi connectivity index (χ1n) is 11.9. The molecule has 0 atom stereocenters. The number of carbonyl (C=O) groups excluding carboxylic acids is 3. The minimum Gasteiger partial charge on any atom is -0.444 e. The highest BCUT2D eigenvalue weighted by atomic mass is 16.6. The fourth-order valence-corrected chi connectivity index (χ4v) is 3.77. The van der Waals surface area contributed by atoms with Gasteiger partial charge in [0, 0.05) is 44.7 Å². The molecule has 1 aliphatic heterocycles. The van der Waals surface area contributed by atoms with Gasteiger partial charge in [0.2, 0.25) is 5.91 Å². The number of benzene rings is 2. The maximum absolute atomic E-state index is 13.0. The van der Waals surface area contributed by atoms with Crippen LogP contribution in [0.3, 0.4) is 0 Å². The molecule has 1 aliphatic rings. The summed E-state index contributed by atoms with van der Waals surface area (Å²) in [5.41, 5.74) is 2.15. The lowest BCUT2D eigenvalue weighted by Gasteiger charge is -2.26. The van der Waals surface area contributed by atoms with Crippen molar-refractivity contribution < 1.29 is 19.1 Å². The fourth-order valence-electron chi connectivity index (χ4n) is 3.77. The van der Waals surface area contributed by atoms with Crippen molar-refractivity contribution in [2.24, 2.45) is 0 Å². The van der Waals surface area contributed by atoms with Crippen molar-refractivity contribution in [1.82, 2.24) is 15.1 Å². The molecule has 0 saturated carbocycles. The Morgan fingerprint density at radius 1 is 0.853 bits per heavy atom. The maximum atomic E-state index is 13.0. The second-order valence-electron chi connectivity index (χ2n) is 9.57. The van der Waals surface area contributed by atoms with Crippen LogP contribution < -0.4 is 5.32 Å². The van der Waals surface area contributed by atoms with Crippen LogP contribution in [0.5, 0.6) is 0 Å². The lowest BCUT2D eigenvalue weighted by molar-refractivity contribution is -0.121. The number of rotatable bonds is 6. The Morgan fingerprint density at radius 3 is 2.18 bits per heavy atom. The SMILES string of the molecule is CC(C)(C)OC(=O)N1CCCN(C(=O)c2ccc(CNC(=O)CCc3ccccc3)cc2)CC1. The second kappa shape index (κ2) is 11.7. The number of carbonyl (C=O) groups is 3. The lowest BCUT2D eigenvalue weighted by Crippen LogP contribution is -2.40. The Hall–Kier alpha value is -3.35. The molecule has 0 aromatic heterocycles. The molecule has 0 radical (unpaired) electrons. The Kier molecular flexibility index (Phi) is 8.68. The third-order valence-electron chi connectivity index (χ3n) is 5.61. The van der Waals surface area contributed by atoms with Crippen molar-refractivity contribution in [3.8, 4) is 0 Å². The first-order valence-corrected chi connectivity index (χ1v) is 11.9. The van der Waals surface area contributed by atoms with E-state index in [1.807, 2.05) is 63.2 Å². The Labute approximate surface area is 202 Å². The molecule has 3 rings (SSSR count). The van der Waals surface area contributed by atoms with Gasteiger partial charge >= 0.3 is 6.09 Å². The summed E-state index contributed by atoms with van der Waals surface area (Å²) in [5.74, 6) is -0.0485. The third-order valence-corrected chi connectivity index (χ3v) is 5.61. The van der Waals surface area contributed by atoms with Crippen molar-refractivity contribution in [1.29, 1.82) is 0 Å². The van der Waals surface area contributed by atoms with Crippen molar-refractivity contribution >= 4 is 17.9 Å². The summed E-state index contributed by atoms with van der Waals surface area (Å²) in [7, 11) is 0. The van der Waals surface area contributed by atoms with Gasteiger partial charge in [0.1, 0.15) is 5.60 Å². The number of nitrogens with zero attached hydrogens (tertiary/aromatic N) is 2. The van der Waals surface area contributed by atoms with Gasteiger partial charge in [-0.2, -0.15) is 0 Å². The molecule has 1 N–H and O–H groups in total. The molecule has 2 aromatic rings. The largest absolute Gasteiger partial charge is 0.444 e. The summed E-state index contributed by atoms with van der Waals surface area (Å²) in [4.78, 5) is 40.9. The molecule has 182 valence electrons. The van der Waals surface area contributed by atoms with E-state index in [2.05, 4.69) is 5.32 Å². The molecule has 0 unspecified atom stereocenters. The van der Waals surface area contributed by atoms with Gasteiger partial charge in [-0.3, -0.25) is 9.59 Å². The smallest absolute Gasteiger partial charge is 0.410 e. The summed E-state index contributed by atoms with van der Waals surface area (Å²) in [5, 5.41) is 2.94. The lowest BCUT2D eigenvalue weighted by atomic mass is 10.1. The molecule has 1 saturated heterocycles. The Bertz CT molecular complexity index is 968. The van der Waals surface area contributed by atoms with Crippen molar-refractivity contribution in [2.45, 2.75) is 52.2 Å². The zero-order valence-electron chi connectivity index (χ0n) is 20.4. The van der Waals surface area contributed by atoms with Gasteiger partial charge in [0.25, 0.3) is 5.91 Å². The maximum Gasteiger partial charge on any atom is 0.410 e. The summed E-state index contributed by atoms with van der Waals surface area (Å²) in [6.45, 7) is 8.05. The molecule has 7 heteroatoms. The standard InChI is InChI=1S/C27H35N3O4/c1-27(2,3)34-26(33)30-17-7-16-29(18-19-30)25(32)23-13-10-22(11-14-23)20-28-24(31)15-12-21-8-5-4-6-9-21/h4-6,8-11,13-14H,7,12,15-20H2,1-3H3,(H,28,31). The van der Waals surface area contributed by atoms with Crippen molar-refractivity contribution in [3.05, 3.63) is 71.3 Å². The number of aryl methyl sites for hydroxylation is 1. The number of ether oxygens (including phenoxy) is 1. The van der Waals surface area contributed by atoms with Gasteiger partial charge in [-0.15, -0.1) is 0 Å². The van der Waals surface area contributed by atoms with Gasteiger partial charge in [0.15, 0.2) is 0 Å². The zero-order valence-corrected chi connectivity index (χ0v) is 20.4. The first-order chi connectivity index (χ1) is 16.2. The summed E-state index contributed by atoms with van der Waals surface area (Å²) in [6, 6.07) is 17.3. The highest BCUT2D eigenvalue weighted by Gasteiger charge is 2.26. The van der Waals surface area contributed by atoms with Gasteiger partial charge in [-0.25, -0.2) is 4.79 Å². The van der Waals surface area contributed by atoms with Crippen LogP contribution in [0, 0.1) is 0 Å². The number of hydrogen-bond acceptors (Lipinski definition) is 4. The average molecular weight is 466 g/mol. The second-order valence-corrected chi connectivity index (χ2v) is 9.57. The molecule has 0 spiro atoms. The van der Waals surface area contributed by atoms with Crippen LogP contribution >= 0.6 is 0 Å². The molecular weight excluding hydrogens is 430 g/mol. The fraction of sp³-hybridized carbons (Fsp3) is 0.444. The first kappa shape index (κ1) is 25.3. The van der Waals surface area contributed by atoms with E-state index in [1.54, 1.807) is 21.9 Å².